The van der Waals surface area contributed by atoms with Gasteiger partial charge in [-0.2, -0.15) is 0 Å². The summed E-state index contributed by atoms with van der Waals surface area (Å²) in [5.41, 5.74) is 3.95. The number of ether oxygens (including phenoxy) is 1. The molecule has 0 saturated carbocycles. The molecular formula is C18H17Cl2NO3. The van der Waals surface area contributed by atoms with Crippen LogP contribution in [0, 0.1) is 20.8 Å². The van der Waals surface area contributed by atoms with Crippen LogP contribution < -0.4 is 5.32 Å². The smallest absolute Gasteiger partial charge is 0.338 e. The minimum Gasteiger partial charge on any atom is -0.452 e. The van der Waals surface area contributed by atoms with Gasteiger partial charge in [-0.1, -0.05) is 40.9 Å². The molecule has 1 N–H and O–H groups in total. The minimum atomic E-state index is -0.660. The Bertz CT molecular complexity index is 760. The van der Waals surface area contributed by atoms with Crippen molar-refractivity contribution in [3.63, 3.8) is 0 Å². The molecule has 0 spiro atoms. The number of hydrogen-bond donors (Lipinski definition) is 1. The van der Waals surface area contributed by atoms with Crippen LogP contribution in [0.4, 0.5) is 5.69 Å². The lowest BCUT2D eigenvalue weighted by Crippen LogP contribution is -2.22. The topological polar surface area (TPSA) is 55.4 Å². The highest BCUT2D eigenvalue weighted by atomic mass is 35.5. The lowest BCUT2D eigenvalue weighted by atomic mass is 10.1. The molecule has 0 aliphatic carbocycles. The second-order valence-electron chi connectivity index (χ2n) is 5.56. The van der Waals surface area contributed by atoms with Gasteiger partial charge >= 0.3 is 5.97 Å². The molecule has 24 heavy (non-hydrogen) atoms. The van der Waals surface area contributed by atoms with Crippen LogP contribution in [0.3, 0.4) is 0 Å². The molecule has 2 rings (SSSR count). The zero-order valence-electron chi connectivity index (χ0n) is 13.6. The van der Waals surface area contributed by atoms with Crippen molar-refractivity contribution < 1.29 is 14.3 Å². The van der Waals surface area contributed by atoms with E-state index >= 15 is 0 Å². The van der Waals surface area contributed by atoms with Crippen LogP contribution in [0.25, 0.3) is 0 Å². The Morgan fingerprint density at radius 2 is 1.50 bits per heavy atom. The molecule has 1 amide bonds. The summed E-state index contributed by atoms with van der Waals surface area (Å²) in [6.45, 7) is 5.42. The van der Waals surface area contributed by atoms with Crippen LogP contribution in [0.15, 0.2) is 30.3 Å². The molecule has 0 atom stereocenters. The third-order valence-corrected chi connectivity index (χ3v) is 3.81. The number of anilines is 1. The predicted molar refractivity (Wildman–Crippen MR) is 96.0 cm³/mol. The Morgan fingerprint density at radius 1 is 0.958 bits per heavy atom. The number of aryl methyl sites for hydroxylation is 3. The van der Waals surface area contributed by atoms with E-state index in [4.69, 9.17) is 27.9 Å². The molecule has 2 aromatic carbocycles. The van der Waals surface area contributed by atoms with Gasteiger partial charge in [-0.05, 0) is 50.1 Å². The van der Waals surface area contributed by atoms with Crippen LogP contribution in [0.1, 0.15) is 27.0 Å². The van der Waals surface area contributed by atoms with Crippen LogP contribution in [0.2, 0.25) is 10.0 Å². The number of carbonyl (C=O) groups excluding carboxylic acids is 2. The molecule has 0 bridgehead atoms. The predicted octanol–water partition coefficient (Wildman–Crippen LogP) is 4.71. The van der Waals surface area contributed by atoms with Crippen molar-refractivity contribution in [1.82, 2.24) is 0 Å². The summed E-state index contributed by atoms with van der Waals surface area (Å²) in [5, 5.41) is 3.41. The summed E-state index contributed by atoms with van der Waals surface area (Å²) in [5.74, 6) is -1.07. The van der Waals surface area contributed by atoms with E-state index in [2.05, 4.69) is 5.32 Å². The van der Waals surface area contributed by atoms with E-state index in [9.17, 15) is 9.59 Å². The van der Waals surface area contributed by atoms with E-state index in [1.54, 1.807) is 0 Å². The van der Waals surface area contributed by atoms with Crippen molar-refractivity contribution in [1.29, 1.82) is 0 Å². The molecule has 2 aromatic rings. The highest BCUT2D eigenvalue weighted by Gasteiger charge is 2.13. The zero-order chi connectivity index (χ0) is 17.9. The first-order valence-corrected chi connectivity index (χ1v) is 8.03. The van der Waals surface area contributed by atoms with Crippen LogP contribution in [-0.4, -0.2) is 18.5 Å². The van der Waals surface area contributed by atoms with Gasteiger partial charge in [0.1, 0.15) is 0 Å². The number of hydrogen-bond acceptors (Lipinski definition) is 3. The van der Waals surface area contributed by atoms with E-state index < -0.39 is 18.5 Å². The fraction of sp³-hybridized carbons (Fsp3) is 0.222. The number of halogens is 2. The fourth-order valence-corrected chi connectivity index (χ4v) is 2.96. The molecule has 126 valence electrons. The number of benzene rings is 2. The van der Waals surface area contributed by atoms with Crippen molar-refractivity contribution >= 4 is 40.8 Å². The summed E-state index contributed by atoms with van der Waals surface area (Å²) in [7, 11) is 0. The summed E-state index contributed by atoms with van der Waals surface area (Å²) in [4.78, 5) is 24.0. The first-order valence-electron chi connectivity index (χ1n) is 7.27. The lowest BCUT2D eigenvalue weighted by molar-refractivity contribution is -0.119. The minimum absolute atomic E-state index is 0.197. The number of carbonyl (C=O) groups is 2. The lowest BCUT2D eigenvalue weighted by Gasteiger charge is -2.13. The van der Waals surface area contributed by atoms with E-state index in [1.165, 1.54) is 18.2 Å². The second kappa shape index (κ2) is 7.69. The van der Waals surface area contributed by atoms with Gasteiger partial charge in [-0.3, -0.25) is 4.79 Å². The Kier molecular flexibility index (Phi) is 5.86. The van der Waals surface area contributed by atoms with Gasteiger partial charge in [0.05, 0.1) is 5.56 Å². The maximum atomic E-state index is 12.0. The molecule has 0 aliphatic heterocycles. The SMILES string of the molecule is Cc1cc(C)c(NC(=O)COC(=O)c2cc(Cl)cc(Cl)c2)c(C)c1. The molecule has 0 unspecified atom stereocenters. The van der Waals surface area contributed by atoms with E-state index in [1.807, 2.05) is 32.9 Å². The highest BCUT2D eigenvalue weighted by Crippen LogP contribution is 2.22. The summed E-state index contributed by atoms with van der Waals surface area (Å²) in [6.07, 6.45) is 0. The maximum Gasteiger partial charge on any atom is 0.338 e. The van der Waals surface area contributed by atoms with Gasteiger partial charge in [0, 0.05) is 15.7 Å². The average molecular weight is 366 g/mol. The third-order valence-electron chi connectivity index (χ3n) is 3.37. The van der Waals surface area contributed by atoms with E-state index in [0.29, 0.717) is 10.0 Å². The van der Waals surface area contributed by atoms with Gasteiger partial charge < -0.3 is 10.1 Å². The first-order chi connectivity index (χ1) is 11.3. The van der Waals surface area contributed by atoms with Crippen LogP contribution >= 0.6 is 23.2 Å². The Balaban J connectivity index is 2.00. The molecule has 0 fully saturated rings. The molecule has 0 aliphatic rings. The largest absolute Gasteiger partial charge is 0.452 e. The average Bonchev–Trinajstić information content (AvgIpc) is 2.47. The van der Waals surface area contributed by atoms with Crippen molar-refractivity contribution in [2.45, 2.75) is 20.8 Å². The van der Waals surface area contributed by atoms with Gasteiger partial charge in [0.2, 0.25) is 0 Å². The molecule has 6 heteroatoms. The standard InChI is InChI=1S/C18H17Cl2NO3/c1-10-4-11(2)17(12(3)5-10)21-16(22)9-24-18(23)13-6-14(19)8-15(20)7-13/h4-8H,9H2,1-3H3,(H,21,22). The number of esters is 1. The van der Waals surface area contributed by atoms with Crippen molar-refractivity contribution in [2.75, 3.05) is 11.9 Å². The summed E-state index contributed by atoms with van der Waals surface area (Å²) in [6, 6.07) is 8.32. The van der Waals surface area contributed by atoms with E-state index in [0.717, 1.165) is 22.4 Å². The Labute approximate surface area is 150 Å². The van der Waals surface area contributed by atoms with Crippen LogP contribution in [-0.2, 0) is 9.53 Å². The molecular weight excluding hydrogens is 349 g/mol. The van der Waals surface area contributed by atoms with Gasteiger partial charge in [0.25, 0.3) is 5.91 Å². The second-order valence-corrected chi connectivity index (χ2v) is 6.43. The number of amides is 1. The summed E-state index contributed by atoms with van der Waals surface area (Å²) < 4.78 is 5.01. The molecule has 4 nitrogen and oxygen atoms in total. The third kappa shape index (κ3) is 4.73. The first kappa shape index (κ1) is 18.3. The van der Waals surface area contributed by atoms with Gasteiger partial charge in [-0.15, -0.1) is 0 Å². The number of rotatable bonds is 4. The quantitative estimate of drug-likeness (QED) is 0.797. The van der Waals surface area contributed by atoms with Crippen molar-refractivity contribution in [3.05, 3.63) is 62.6 Å². The molecule has 0 saturated heterocycles. The molecule has 0 aromatic heterocycles. The normalized spacial score (nSPS) is 10.4. The highest BCUT2D eigenvalue weighted by molar-refractivity contribution is 6.35. The monoisotopic (exact) mass is 365 g/mol. The Hall–Kier alpha value is -2.04. The van der Waals surface area contributed by atoms with Crippen molar-refractivity contribution in [3.8, 4) is 0 Å². The number of nitrogens with one attached hydrogen (secondary N) is 1. The van der Waals surface area contributed by atoms with Crippen LogP contribution in [0.5, 0.6) is 0 Å². The Morgan fingerprint density at radius 3 is 2.04 bits per heavy atom. The molecule has 0 radical (unpaired) electrons. The van der Waals surface area contributed by atoms with Gasteiger partial charge in [0.15, 0.2) is 6.61 Å². The van der Waals surface area contributed by atoms with Gasteiger partial charge in [-0.25, -0.2) is 4.79 Å². The fourth-order valence-electron chi connectivity index (χ4n) is 2.44. The summed E-state index contributed by atoms with van der Waals surface area (Å²) >= 11 is 11.7. The maximum absolute atomic E-state index is 12.0. The van der Waals surface area contributed by atoms with Crippen molar-refractivity contribution in [2.24, 2.45) is 0 Å². The molecule has 0 heterocycles. The zero-order valence-corrected chi connectivity index (χ0v) is 15.1. The van der Waals surface area contributed by atoms with E-state index in [-0.39, 0.29) is 5.56 Å².